The predicted molar refractivity (Wildman–Crippen MR) is 118 cm³/mol. The van der Waals surface area contributed by atoms with Crippen LogP contribution in [0.5, 0.6) is 5.75 Å². The molecular formula is C24H36N2O5. The van der Waals surface area contributed by atoms with Crippen LogP contribution in [0, 0.1) is 5.41 Å². The molecule has 7 nitrogen and oxygen atoms in total. The molecule has 2 aliphatic rings. The van der Waals surface area contributed by atoms with Crippen LogP contribution in [0.15, 0.2) is 24.3 Å². The molecule has 3 rings (SSSR count). The van der Waals surface area contributed by atoms with E-state index in [0.717, 1.165) is 45.2 Å². The largest absolute Gasteiger partial charge is 0.492 e. The molecule has 0 N–H and O–H groups in total. The summed E-state index contributed by atoms with van der Waals surface area (Å²) in [5.74, 6) is 0.741. The summed E-state index contributed by atoms with van der Waals surface area (Å²) >= 11 is 0. The van der Waals surface area contributed by atoms with Crippen LogP contribution in [0.3, 0.4) is 0 Å². The van der Waals surface area contributed by atoms with Gasteiger partial charge < -0.3 is 24.0 Å². The Labute approximate surface area is 185 Å². The Morgan fingerprint density at radius 1 is 1.10 bits per heavy atom. The molecule has 2 heterocycles. The van der Waals surface area contributed by atoms with Crippen molar-refractivity contribution in [2.24, 2.45) is 5.41 Å². The zero-order valence-corrected chi connectivity index (χ0v) is 18.9. The first-order valence-corrected chi connectivity index (χ1v) is 11.4. The van der Waals surface area contributed by atoms with Crippen LogP contribution in [-0.2, 0) is 14.3 Å². The minimum Gasteiger partial charge on any atom is -0.492 e. The lowest BCUT2D eigenvalue weighted by Gasteiger charge is -2.42. The first-order chi connectivity index (χ1) is 15.0. The van der Waals surface area contributed by atoms with Gasteiger partial charge in [-0.2, -0.15) is 0 Å². The van der Waals surface area contributed by atoms with Crippen LogP contribution < -0.4 is 4.74 Å². The van der Waals surface area contributed by atoms with E-state index in [-0.39, 0.29) is 17.2 Å². The van der Waals surface area contributed by atoms with Crippen molar-refractivity contribution in [1.82, 2.24) is 9.80 Å². The molecule has 0 bridgehead atoms. The van der Waals surface area contributed by atoms with Crippen LogP contribution in [0.2, 0.25) is 0 Å². The number of nitrogens with zero attached hydrogens (tertiary/aromatic N) is 2. The molecule has 0 aliphatic carbocycles. The van der Waals surface area contributed by atoms with Gasteiger partial charge in [-0.15, -0.1) is 0 Å². The third kappa shape index (κ3) is 6.43. The Balaban J connectivity index is 1.72. The highest BCUT2D eigenvalue weighted by Crippen LogP contribution is 2.38. The Bertz CT molecular complexity index is 730. The number of carbonyl (C=O) groups excluding carboxylic acids is 2. The Hall–Kier alpha value is -2.12. The summed E-state index contributed by atoms with van der Waals surface area (Å²) in [6.07, 6.45) is 5.34. The molecule has 1 spiro atoms. The van der Waals surface area contributed by atoms with Gasteiger partial charge in [0.1, 0.15) is 5.75 Å². The Morgan fingerprint density at radius 3 is 2.65 bits per heavy atom. The first-order valence-electron chi connectivity index (χ1n) is 11.4. The molecule has 31 heavy (non-hydrogen) atoms. The molecule has 0 aromatic heterocycles. The summed E-state index contributed by atoms with van der Waals surface area (Å²) in [6, 6.07) is 7.47. The third-order valence-corrected chi connectivity index (χ3v) is 6.51. The summed E-state index contributed by atoms with van der Waals surface area (Å²) in [5, 5.41) is 0. The van der Waals surface area contributed by atoms with Crippen molar-refractivity contribution in [3.63, 3.8) is 0 Å². The quantitative estimate of drug-likeness (QED) is 0.735. The smallest absolute Gasteiger partial charge is 0.257 e. The lowest BCUT2D eigenvalue weighted by atomic mass is 9.75. The second-order valence-electron chi connectivity index (χ2n) is 8.70. The maximum atomic E-state index is 12.9. The molecule has 1 aromatic carbocycles. The molecule has 1 saturated heterocycles. The molecule has 2 aliphatic heterocycles. The van der Waals surface area contributed by atoms with Gasteiger partial charge in [0, 0.05) is 45.8 Å². The zero-order chi connectivity index (χ0) is 22.1. The molecule has 2 amide bonds. The van der Waals surface area contributed by atoms with Crippen molar-refractivity contribution < 1.29 is 23.8 Å². The number of hydrogen-bond acceptors (Lipinski definition) is 5. The van der Waals surface area contributed by atoms with E-state index in [1.165, 1.54) is 0 Å². The highest BCUT2D eigenvalue weighted by molar-refractivity contribution is 5.96. The van der Waals surface area contributed by atoms with Crippen LogP contribution in [0.4, 0.5) is 0 Å². The average molecular weight is 433 g/mol. The van der Waals surface area contributed by atoms with Gasteiger partial charge in [0.2, 0.25) is 5.91 Å². The van der Waals surface area contributed by atoms with Crippen molar-refractivity contribution >= 4 is 11.8 Å². The minimum absolute atomic E-state index is 0.00418. The number of para-hydroxylation sites is 1. The topological polar surface area (TPSA) is 68.3 Å². The number of hydrogen-bond donors (Lipinski definition) is 0. The van der Waals surface area contributed by atoms with Crippen molar-refractivity contribution in [2.45, 2.75) is 38.5 Å². The van der Waals surface area contributed by atoms with Gasteiger partial charge in [-0.05, 0) is 37.8 Å². The highest BCUT2D eigenvalue weighted by Gasteiger charge is 2.36. The van der Waals surface area contributed by atoms with E-state index in [4.69, 9.17) is 14.2 Å². The van der Waals surface area contributed by atoms with Crippen molar-refractivity contribution in [3.8, 4) is 5.75 Å². The summed E-state index contributed by atoms with van der Waals surface area (Å²) < 4.78 is 17.1. The number of ether oxygens (including phenoxy) is 3. The maximum absolute atomic E-state index is 12.9. The lowest BCUT2D eigenvalue weighted by molar-refractivity contribution is -0.135. The third-order valence-electron chi connectivity index (χ3n) is 6.51. The molecule has 1 fully saturated rings. The summed E-state index contributed by atoms with van der Waals surface area (Å²) in [6.45, 7) is 4.30. The molecule has 0 saturated carbocycles. The number of likely N-dealkylation sites (N-methyl/N-ethyl adjacent to an activating group) is 1. The van der Waals surface area contributed by atoms with E-state index in [9.17, 15) is 9.59 Å². The summed E-state index contributed by atoms with van der Waals surface area (Å²) in [7, 11) is 3.42. The van der Waals surface area contributed by atoms with E-state index >= 15 is 0 Å². The molecular weight excluding hydrogens is 396 g/mol. The van der Waals surface area contributed by atoms with Gasteiger partial charge >= 0.3 is 0 Å². The van der Waals surface area contributed by atoms with Gasteiger partial charge in [-0.3, -0.25) is 9.59 Å². The van der Waals surface area contributed by atoms with Gasteiger partial charge in [0.05, 0.1) is 31.8 Å². The van der Waals surface area contributed by atoms with Crippen molar-refractivity contribution in [2.75, 3.05) is 60.2 Å². The molecule has 0 atom stereocenters. The number of amides is 2. The monoisotopic (exact) mass is 432 g/mol. The SMILES string of the molecule is COCCC(=O)N1CCC2(CCCCOCCN(C)C(=O)c3ccccc3OC2)CC1. The fourth-order valence-electron chi connectivity index (χ4n) is 4.36. The average Bonchev–Trinajstić information content (AvgIpc) is 2.80. The highest BCUT2D eigenvalue weighted by atomic mass is 16.5. The van der Waals surface area contributed by atoms with Crippen molar-refractivity contribution in [3.05, 3.63) is 29.8 Å². The van der Waals surface area contributed by atoms with Crippen LogP contribution >= 0.6 is 0 Å². The zero-order valence-electron chi connectivity index (χ0n) is 18.9. The lowest BCUT2D eigenvalue weighted by Crippen LogP contribution is -2.45. The van der Waals surface area contributed by atoms with Gasteiger partial charge in [0.15, 0.2) is 0 Å². The normalized spacial score (nSPS) is 20.6. The number of methoxy groups -OCH3 is 1. The number of piperidine rings is 1. The molecule has 0 radical (unpaired) electrons. The van der Waals surface area contributed by atoms with Crippen molar-refractivity contribution in [1.29, 1.82) is 0 Å². The second-order valence-corrected chi connectivity index (χ2v) is 8.70. The van der Waals surface area contributed by atoms with E-state index < -0.39 is 0 Å². The first kappa shape index (κ1) is 23.5. The second kappa shape index (κ2) is 11.5. The Kier molecular flexibility index (Phi) is 8.72. The van der Waals surface area contributed by atoms with Crippen LogP contribution in [0.25, 0.3) is 0 Å². The number of rotatable bonds is 3. The van der Waals surface area contributed by atoms with Crippen LogP contribution in [0.1, 0.15) is 48.9 Å². The van der Waals surface area contributed by atoms with E-state index in [1.807, 2.05) is 29.2 Å². The standard InChI is InChI=1S/C24H36N2O5/c1-25-15-18-30-16-6-5-10-24(11-13-26(14-12-24)22(27)9-17-29-2)19-31-21-8-4-3-7-20(21)23(25)28/h3-4,7-8H,5-6,9-19H2,1-2H3. The van der Waals surface area contributed by atoms with Gasteiger partial charge in [-0.25, -0.2) is 0 Å². The molecule has 172 valence electrons. The van der Waals surface area contributed by atoms with E-state index in [1.54, 1.807) is 19.1 Å². The van der Waals surface area contributed by atoms with E-state index in [2.05, 4.69) is 0 Å². The molecule has 1 aromatic rings. The number of carbonyl (C=O) groups is 2. The fourth-order valence-corrected chi connectivity index (χ4v) is 4.36. The number of fused-ring (bicyclic) bond motifs is 1. The fraction of sp³-hybridized carbons (Fsp3) is 0.667. The number of benzene rings is 1. The minimum atomic E-state index is -0.0520. The summed E-state index contributed by atoms with van der Waals surface area (Å²) in [5.41, 5.74) is 0.592. The van der Waals surface area contributed by atoms with E-state index in [0.29, 0.717) is 50.7 Å². The van der Waals surface area contributed by atoms with Gasteiger partial charge in [-0.1, -0.05) is 18.6 Å². The number of likely N-dealkylation sites (tertiary alicyclic amines) is 1. The summed E-state index contributed by atoms with van der Waals surface area (Å²) in [4.78, 5) is 28.9. The molecule has 0 unspecified atom stereocenters. The van der Waals surface area contributed by atoms with Crippen LogP contribution in [-0.4, -0.2) is 81.8 Å². The maximum Gasteiger partial charge on any atom is 0.257 e. The Morgan fingerprint density at radius 2 is 1.87 bits per heavy atom. The molecule has 7 heteroatoms. The van der Waals surface area contributed by atoms with Gasteiger partial charge in [0.25, 0.3) is 5.91 Å². The predicted octanol–water partition coefficient (Wildman–Crippen LogP) is 2.98.